The Morgan fingerprint density at radius 2 is 2.06 bits per heavy atom. The van der Waals surface area contributed by atoms with Crippen LogP contribution in [0.3, 0.4) is 0 Å². The van der Waals surface area contributed by atoms with E-state index >= 15 is 0 Å². The van der Waals surface area contributed by atoms with E-state index in [0.29, 0.717) is 18.9 Å². The smallest absolute Gasteiger partial charge is 0.332 e. The maximum atomic E-state index is 11.7. The summed E-state index contributed by atoms with van der Waals surface area (Å²) in [6.45, 7) is 2.83. The van der Waals surface area contributed by atoms with E-state index in [1.807, 2.05) is 24.1 Å². The summed E-state index contributed by atoms with van der Waals surface area (Å²) in [6.07, 6.45) is 10.6. The fraction of sp³-hybridized carbons (Fsp3) is 0.480. The van der Waals surface area contributed by atoms with Crippen LogP contribution in [0.5, 0.6) is 11.5 Å². The average molecular weight is 442 g/mol. The quantitative estimate of drug-likeness (QED) is 0.331. The largest absolute Gasteiger partial charge is 0.493 e. The molecule has 172 valence electrons. The summed E-state index contributed by atoms with van der Waals surface area (Å²) in [6, 6.07) is 4.07. The van der Waals surface area contributed by atoms with Crippen molar-refractivity contribution in [2.24, 2.45) is 0 Å². The Morgan fingerprint density at radius 1 is 1.28 bits per heavy atom. The number of carbonyl (C=O) groups is 1. The first-order chi connectivity index (χ1) is 15.5. The van der Waals surface area contributed by atoms with Gasteiger partial charge in [-0.05, 0) is 43.0 Å². The van der Waals surface area contributed by atoms with Crippen LogP contribution in [0.2, 0.25) is 0 Å². The highest BCUT2D eigenvalue weighted by Gasteiger charge is 2.63. The van der Waals surface area contributed by atoms with Crippen LogP contribution in [0.15, 0.2) is 48.2 Å². The molecule has 2 atom stereocenters. The van der Waals surface area contributed by atoms with Crippen molar-refractivity contribution < 1.29 is 28.5 Å². The van der Waals surface area contributed by atoms with Crippen molar-refractivity contribution in [1.82, 2.24) is 4.90 Å². The molecule has 7 heteroatoms. The number of ether oxygens (including phenoxy) is 5. The van der Waals surface area contributed by atoms with E-state index < -0.39 is 17.3 Å². The van der Waals surface area contributed by atoms with Gasteiger partial charge in [-0.2, -0.15) is 0 Å². The van der Waals surface area contributed by atoms with Crippen LogP contribution in [0, 0.1) is 0 Å². The Labute approximate surface area is 189 Å². The van der Waals surface area contributed by atoms with Gasteiger partial charge >= 0.3 is 5.97 Å². The molecule has 7 nitrogen and oxygen atoms in total. The molecule has 32 heavy (non-hydrogen) atoms. The number of allylic oxidation sites excluding steroid dienone is 2. The van der Waals surface area contributed by atoms with Gasteiger partial charge in [0.1, 0.15) is 0 Å². The number of hydrogen-bond acceptors (Lipinski definition) is 7. The van der Waals surface area contributed by atoms with Crippen LogP contribution in [0.1, 0.15) is 24.5 Å². The molecule has 0 N–H and O–H groups in total. The van der Waals surface area contributed by atoms with Crippen LogP contribution in [0.4, 0.5) is 0 Å². The van der Waals surface area contributed by atoms with E-state index in [2.05, 4.69) is 18.2 Å². The zero-order valence-corrected chi connectivity index (χ0v) is 19.3. The summed E-state index contributed by atoms with van der Waals surface area (Å²) in [5.74, 6) is 0.0787. The Bertz CT molecular complexity index is 977. The Balaban J connectivity index is 1.75. The second kappa shape index (κ2) is 8.64. The van der Waals surface area contributed by atoms with Gasteiger partial charge in [-0.15, -0.1) is 0 Å². The molecule has 0 unspecified atom stereocenters. The van der Waals surface area contributed by atoms with Crippen molar-refractivity contribution in [1.29, 1.82) is 0 Å². The maximum absolute atomic E-state index is 11.7. The SMILES string of the molecule is CCOC(=O)/C=C/N(C)CC[C@]12C3=CCc4ccc(OC)c(c41)O[C@H]2C(OC)(OC)C=C3. The number of benzene rings is 1. The van der Waals surface area contributed by atoms with Crippen molar-refractivity contribution in [3.8, 4) is 11.5 Å². The van der Waals surface area contributed by atoms with E-state index in [-0.39, 0.29) is 5.97 Å². The minimum Gasteiger partial charge on any atom is -0.493 e. The topological polar surface area (TPSA) is 66.5 Å². The predicted molar refractivity (Wildman–Crippen MR) is 120 cm³/mol. The molecule has 0 amide bonds. The molecule has 0 spiro atoms. The number of rotatable bonds is 9. The van der Waals surface area contributed by atoms with Gasteiger partial charge in [-0.1, -0.05) is 18.2 Å². The normalized spacial score (nSPS) is 24.0. The summed E-state index contributed by atoms with van der Waals surface area (Å²) in [7, 11) is 6.87. The summed E-state index contributed by atoms with van der Waals surface area (Å²) in [5, 5.41) is 0. The number of nitrogens with zero attached hydrogens (tertiary/aromatic N) is 1. The molecule has 0 bridgehead atoms. The number of esters is 1. The van der Waals surface area contributed by atoms with Crippen LogP contribution < -0.4 is 9.47 Å². The molecule has 4 rings (SSSR count). The third-order valence-corrected chi connectivity index (χ3v) is 6.72. The van der Waals surface area contributed by atoms with E-state index in [1.54, 1.807) is 34.5 Å². The minimum atomic E-state index is -1.03. The van der Waals surface area contributed by atoms with Crippen molar-refractivity contribution >= 4 is 5.97 Å². The van der Waals surface area contributed by atoms with Crippen molar-refractivity contribution in [3.63, 3.8) is 0 Å². The highest BCUT2D eigenvalue weighted by atomic mass is 16.7. The van der Waals surface area contributed by atoms with Crippen LogP contribution in [0.25, 0.3) is 0 Å². The molecule has 1 heterocycles. The van der Waals surface area contributed by atoms with Gasteiger partial charge in [0.15, 0.2) is 17.6 Å². The summed E-state index contributed by atoms with van der Waals surface area (Å²) in [5.41, 5.74) is 3.08. The number of methoxy groups -OCH3 is 3. The van der Waals surface area contributed by atoms with Crippen LogP contribution in [-0.2, 0) is 30.8 Å². The van der Waals surface area contributed by atoms with Crippen LogP contribution in [-0.4, -0.2) is 64.3 Å². The molecule has 0 saturated heterocycles. The lowest BCUT2D eigenvalue weighted by Gasteiger charge is -2.48. The first-order valence-electron chi connectivity index (χ1n) is 10.9. The monoisotopic (exact) mass is 441 g/mol. The van der Waals surface area contributed by atoms with E-state index in [4.69, 9.17) is 23.7 Å². The highest BCUT2D eigenvalue weighted by molar-refractivity contribution is 5.81. The zero-order chi connectivity index (χ0) is 22.9. The lowest BCUT2D eigenvalue weighted by molar-refractivity contribution is -0.229. The lowest BCUT2D eigenvalue weighted by Crippen LogP contribution is -2.59. The maximum Gasteiger partial charge on any atom is 0.332 e. The summed E-state index contributed by atoms with van der Waals surface area (Å²) in [4.78, 5) is 13.7. The van der Waals surface area contributed by atoms with Gasteiger partial charge < -0.3 is 28.6 Å². The fourth-order valence-electron chi connectivity index (χ4n) is 5.16. The molecule has 2 aliphatic carbocycles. The second-order valence-electron chi connectivity index (χ2n) is 8.23. The molecule has 1 aliphatic heterocycles. The summed E-state index contributed by atoms with van der Waals surface area (Å²) >= 11 is 0. The number of carbonyl (C=O) groups excluding carboxylic acids is 1. The second-order valence-corrected chi connectivity index (χ2v) is 8.23. The van der Waals surface area contributed by atoms with Gasteiger partial charge in [0.05, 0.1) is 19.1 Å². The molecule has 1 aromatic carbocycles. The molecule has 0 saturated carbocycles. The average Bonchev–Trinajstić information content (AvgIpc) is 3.18. The molecular formula is C25H31NO6. The zero-order valence-electron chi connectivity index (χ0n) is 19.3. The van der Waals surface area contributed by atoms with Gasteiger partial charge in [0.2, 0.25) is 5.79 Å². The van der Waals surface area contributed by atoms with E-state index in [9.17, 15) is 4.79 Å². The van der Waals surface area contributed by atoms with Gasteiger partial charge in [-0.25, -0.2) is 4.79 Å². The fourth-order valence-corrected chi connectivity index (χ4v) is 5.16. The van der Waals surface area contributed by atoms with Crippen LogP contribution >= 0.6 is 0 Å². The van der Waals surface area contributed by atoms with Gasteiger partial charge in [0.25, 0.3) is 0 Å². The van der Waals surface area contributed by atoms with E-state index in [1.165, 1.54) is 17.2 Å². The standard InChI is InChI=1S/C25H31NO6/c1-6-31-20(27)12-15-26(2)16-14-24-18-9-7-17-8-10-19(28-3)22(21(17)24)32-23(24)25(29-4,30-5)13-11-18/h8-13,15,23H,6-7,14,16H2,1-5H3/b15-12+/t23-,24+/m1/s1. The highest BCUT2D eigenvalue weighted by Crippen LogP contribution is 2.61. The molecule has 0 fully saturated rings. The minimum absolute atomic E-state index is 0.350. The van der Waals surface area contributed by atoms with Crippen molar-refractivity contribution in [3.05, 3.63) is 59.3 Å². The predicted octanol–water partition coefficient (Wildman–Crippen LogP) is 3.13. The molecule has 0 radical (unpaired) electrons. The summed E-state index contributed by atoms with van der Waals surface area (Å²) < 4.78 is 29.1. The molecule has 3 aliphatic rings. The number of hydrogen-bond donors (Lipinski definition) is 0. The van der Waals surface area contributed by atoms with Gasteiger partial charge in [-0.3, -0.25) is 0 Å². The first-order valence-corrected chi connectivity index (χ1v) is 10.9. The van der Waals surface area contributed by atoms with Gasteiger partial charge in [0, 0.05) is 45.7 Å². The third kappa shape index (κ3) is 3.31. The Morgan fingerprint density at radius 3 is 2.75 bits per heavy atom. The van der Waals surface area contributed by atoms with Crippen molar-refractivity contribution in [2.45, 2.75) is 37.1 Å². The molecule has 0 aromatic heterocycles. The Hall–Kier alpha value is -2.77. The first kappa shape index (κ1) is 22.4. The molecular weight excluding hydrogens is 410 g/mol. The lowest BCUT2D eigenvalue weighted by atomic mass is 9.60. The van der Waals surface area contributed by atoms with Crippen molar-refractivity contribution in [2.75, 3.05) is 41.5 Å². The van der Waals surface area contributed by atoms with E-state index in [0.717, 1.165) is 24.2 Å². The third-order valence-electron chi connectivity index (χ3n) is 6.72. The molecule has 1 aromatic rings. The Kier molecular flexibility index (Phi) is 6.05.